The average molecular weight is 284 g/mol. The van der Waals surface area contributed by atoms with E-state index < -0.39 is 0 Å². The van der Waals surface area contributed by atoms with Crippen molar-refractivity contribution in [3.05, 3.63) is 41.0 Å². The zero-order valence-corrected chi connectivity index (χ0v) is 12.3. The summed E-state index contributed by atoms with van der Waals surface area (Å²) in [4.78, 5) is 16.5. The molecule has 0 spiro atoms. The van der Waals surface area contributed by atoms with Crippen LogP contribution in [-0.2, 0) is 19.3 Å². The summed E-state index contributed by atoms with van der Waals surface area (Å²) in [6.07, 6.45) is 6.32. The molecule has 0 unspecified atom stereocenters. The number of aromatic nitrogens is 3. The molecule has 0 saturated heterocycles. The van der Waals surface area contributed by atoms with Gasteiger partial charge in [0.15, 0.2) is 0 Å². The topological polar surface area (TPSA) is 70.7 Å². The predicted molar refractivity (Wildman–Crippen MR) is 81.4 cm³/mol. The van der Waals surface area contributed by atoms with Crippen molar-refractivity contribution < 1.29 is 4.79 Å². The second-order valence-electron chi connectivity index (χ2n) is 5.46. The Morgan fingerprint density at radius 3 is 3.05 bits per heavy atom. The fraction of sp³-hybridized carbons (Fsp3) is 0.438. The molecule has 0 radical (unpaired) electrons. The van der Waals surface area contributed by atoms with Gasteiger partial charge in [0, 0.05) is 12.1 Å². The van der Waals surface area contributed by atoms with Gasteiger partial charge in [-0.25, -0.2) is 4.98 Å². The van der Waals surface area contributed by atoms with Gasteiger partial charge < -0.3 is 5.32 Å². The third-order valence-electron chi connectivity index (χ3n) is 3.87. The van der Waals surface area contributed by atoms with Gasteiger partial charge in [0.05, 0.1) is 0 Å². The molecule has 21 heavy (non-hydrogen) atoms. The largest absolute Gasteiger partial charge is 0.319 e. The van der Waals surface area contributed by atoms with Crippen molar-refractivity contribution >= 4 is 11.6 Å². The number of H-pyrrole nitrogens is 1. The number of fused-ring (bicyclic) bond motifs is 1. The lowest BCUT2D eigenvalue weighted by molar-refractivity contribution is 0.101. The van der Waals surface area contributed by atoms with Crippen LogP contribution in [0.5, 0.6) is 0 Å². The van der Waals surface area contributed by atoms with E-state index in [1.54, 1.807) is 0 Å². The third kappa shape index (κ3) is 2.96. The Labute approximate surface area is 124 Å². The normalized spacial score (nSPS) is 13.8. The molecule has 1 aromatic heterocycles. The summed E-state index contributed by atoms with van der Waals surface area (Å²) in [5.74, 6) is 0.733. The molecular weight excluding hydrogens is 264 g/mol. The van der Waals surface area contributed by atoms with Gasteiger partial charge in [-0.15, -0.1) is 5.10 Å². The predicted octanol–water partition coefficient (Wildman–Crippen LogP) is 2.89. The maximum absolute atomic E-state index is 12.3. The molecule has 1 aromatic carbocycles. The van der Waals surface area contributed by atoms with Crippen molar-refractivity contribution in [2.24, 2.45) is 0 Å². The summed E-state index contributed by atoms with van der Waals surface area (Å²) in [6.45, 7) is 2.07. The van der Waals surface area contributed by atoms with Gasteiger partial charge in [-0.1, -0.05) is 19.1 Å². The molecule has 1 heterocycles. The maximum Gasteiger partial charge on any atom is 0.295 e. The van der Waals surface area contributed by atoms with Crippen molar-refractivity contribution in [1.29, 1.82) is 0 Å². The van der Waals surface area contributed by atoms with Gasteiger partial charge in [0.1, 0.15) is 5.82 Å². The van der Waals surface area contributed by atoms with E-state index in [-0.39, 0.29) is 11.7 Å². The molecule has 0 atom stereocenters. The number of rotatable bonds is 4. The van der Waals surface area contributed by atoms with E-state index in [9.17, 15) is 4.79 Å². The highest BCUT2D eigenvalue weighted by molar-refractivity contribution is 6.02. The summed E-state index contributed by atoms with van der Waals surface area (Å²) >= 11 is 0. The third-order valence-corrected chi connectivity index (χ3v) is 3.87. The molecule has 1 aliphatic carbocycles. The number of anilines is 1. The van der Waals surface area contributed by atoms with Gasteiger partial charge in [-0.3, -0.25) is 9.89 Å². The molecule has 0 aliphatic heterocycles. The lowest BCUT2D eigenvalue weighted by atomic mass is 9.90. The Hall–Kier alpha value is -2.17. The number of aryl methyl sites for hydroxylation is 2. The van der Waals surface area contributed by atoms with Crippen LogP contribution in [0.1, 0.15) is 53.8 Å². The second-order valence-corrected chi connectivity index (χ2v) is 5.46. The number of hydrogen-bond donors (Lipinski definition) is 2. The van der Waals surface area contributed by atoms with Crippen LogP contribution in [0.25, 0.3) is 0 Å². The summed E-state index contributed by atoms with van der Waals surface area (Å²) in [5.41, 5.74) is 3.51. The highest BCUT2D eigenvalue weighted by Gasteiger charge is 2.17. The maximum atomic E-state index is 12.3. The van der Waals surface area contributed by atoms with Gasteiger partial charge >= 0.3 is 0 Å². The fourth-order valence-corrected chi connectivity index (χ4v) is 2.82. The van der Waals surface area contributed by atoms with Crippen LogP contribution in [0.2, 0.25) is 0 Å². The Bertz CT molecular complexity index is 647. The van der Waals surface area contributed by atoms with Crippen LogP contribution >= 0.6 is 0 Å². The molecule has 5 nitrogen and oxygen atoms in total. The van der Waals surface area contributed by atoms with E-state index in [2.05, 4.69) is 33.5 Å². The Morgan fingerprint density at radius 2 is 2.19 bits per heavy atom. The Morgan fingerprint density at radius 1 is 1.33 bits per heavy atom. The van der Waals surface area contributed by atoms with Crippen molar-refractivity contribution in [2.75, 3.05) is 5.32 Å². The van der Waals surface area contributed by atoms with E-state index in [1.807, 2.05) is 12.1 Å². The number of nitrogens with zero attached hydrogens (tertiary/aromatic N) is 2. The van der Waals surface area contributed by atoms with Crippen molar-refractivity contribution in [1.82, 2.24) is 15.2 Å². The van der Waals surface area contributed by atoms with E-state index in [1.165, 1.54) is 24.0 Å². The standard InChI is InChI=1S/C16H20N4O/c1-2-6-14-18-15(20-19-14)16(21)17-13-10-5-8-11-7-3-4-9-12(11)13/h5,8,10H,2-4,6-7,9H2,1H3,(H,17,21)(H,18,19,20). The first-order valence-electron chi connectivity index (χ1n) is 7.61. The lowest BCUT2D eigenvalue weighted by Crippen LogP contribution is -2.16. The Kier molecular flexibility index (Phi) is 3.99. The molecule has 110 valence electrons. The van der Waals surface area contributed by atoms with Crippen molar-refractivity contribution in [2.45, 2.75) is 45.4 Å². The van der Waals surface area contributed by atoms with Gasteiger partial charge in [0.2, 0.25) is 5.82 Å². The number of carbonyl (C=O) groups excluding carboxylic acids is 1. The van der Waals surface area contributed by atoms with Crippen LogP contribution in [0.3, 0.4) is 0 Å². The zero-order chi connectivity index (χ0) is 14.7. The van der Waals surface area contributed by atoms with Crippen LogP contribution in [0, 0.1) is 0 Å². The number of nitrogens with one attached hydrogen (secondary N) is 2. The molecule has 2 N–H and O–H groups in total. The molecule has 2 aromatic rings. The van der Waals surface area contributed by atoms with Crippen LogP contribution < -0.4 is 5.32 Å². The SMILES string of the molecule is CCCc1nc(C(=O)Nc2cccc3c2CCCC3)n[nH]1. The first kappa shape index (κ1) is 13.8. The van der Waals surface area contributed by atoms with E-state index in [4.69, 9.17) is 0 Å². The van der Waals surface area contributed by atoms with Crippen LogP contribution in [0.4, 0.5) is 5.69 Å². The molecule has 0 saturated carbocycles. The summed E-state index contributed by atoms with van der Waals surface area (Å²) in [7, 11) is 0. The molecular formula is C16H20N4O. The number of carbonyl (C=O) groups is 1. The minimum absolute atomic E-state index is 0.215. The first-order chi connectivity index (χ1) is 10.3. The second kappa shape index (κ2) is 6.08. The van der Waals surface area contributed by atoms with E-state index in [0.29, 0.717) is 0 Å². The number of aromatic amines is 1. The molecule has 0 bridgehead atoms. The van der Waals surface area contributed by atoms with Gasteiger partial charge in [0.25, 0.3) is 5.91 Å². The van der Waals surface area contributed by atoms with Crippen molar-refractivity contribution in [3.8, 4) is 0 Å². The highest BCUT2D eigenvalue weighted by Crippen LogP contribution is 2.27. The highest BCUT2D eigenvalue weighted by atomic mass is 16.2. The number of amides is 1. The molecule has 3 rings (SSSR count). The minimum Gasteiger partial charge on any atom is -0.319 e. The van der Waals surface area contributed by atoms with Crippen LogP contribution in [0.15, 0.2) is 18.2 Å². The quantitative estimate of drug-likeness (QED) is 0.907. The van der Waals surface area contributed by atoms with E-state index in [0.717, 1.165) is 37.2 Å². The average Bonchev–Trinajstić information content (AvgIpc) is 2.97. The summed E-state index contributed by atoms with van der Waals surface area (Å²) in [6, 6.07) is 6.11. The lowest BCUT2D eigenvalue weighted by Gasteiger charge is -2.19. The molecule has 1 aliphatic rings. The van der Waals surface area contributed by atoms with Crippen molar-refractivity contribution in [3.63, 3.8) is 0 Å². The zero-order valence-electron chi connectivity index (χ0n) is 12.3. The van der Waals surface area contributed by atoms with E-state index >= 15 is 0 Å². The minimum atomic E-state index is -0.243. The first-order valence-corrected chi connectivity index (χ1v) is 7.61. The monoisotopic (exact) mass is 284 g/mol. The Balaban J connectivity index is 1.78. The summed E-state index contributed by atoms with van der Waals surface area (Å²) < 4.78 is 0. The fourth-order valence-electron chi connectivity index (χ4n) is 2.82. The summed E-state index contributed by atoms with van der Waals surface area (Å²) in [5, 5.41) is 9.77. The number of hydrogen-bond acceptors (Lipinski definition) is 3. The van der Waals surface area contributed by atoms with Crippen LogP contribution in [-0.4, -0.2) is 21.1 Å². The molecule has 5 heteroatoms. The molecule has 1 amide bonds. The smallest absolute Gasteiger partial charge is 0.295 e. The van der Waals surface area contributed by atoms with Gasteiger partial charge in [-0.2, -0.15) is 0 Å². The van der Waals surface area contributed by atoms with Gasteiger partial charge in [-0.05, 0) is 49.3 Å². The number of benzene rings is 1. The molecule has 0 fully saturated rings.